The fourth-order valence-corrected chi connectivity index (χ4v) is 3.03. The van der Waals surface area contributed by atoms with Gasteiger partial charge in [0.15, 0.2) is 0 Å². The Hall–Kier alpha value is -1.26. The summed E-state index contributed by atoms with van der Waals surface area (Å²) < 4.78 is 0. The molecule has 1 heterocycles. The van der Waals surface area contributed by atoms with Crippen LogP contribution in [0.25, 0.3) is 0 Å². The van der Waals surface area contributed by atoms with Crippen molar-refractivity contribution < 1.29 is 14.7 Å². The summed E-state index contributed by atoms with van der Waals surface area (Å²) in [5, 5.41) is 9.45. The van der Waals surface area contributed by atoms with Crippen LogP contribution in [0.15, 0.2) is 0 Å². The fraction of sp³-hybridized carbons (Fsp3) is 0.857. The molecule has 2 fully saturated rings. The van der Waals surface area contributed by atoms with Crippen LogP contribution in [0, 0.1) is 5.41 Å². The number of urea groups is 1. The molecule has 1 N–H and O–H groups in total. The second-order valence-electron chi connectivity index (χ2n) is 5.76. The molecule has 5 nitrogen and oxygen atoms in total. The number of carboxylic acid groups (broad SMARTS) is 1. The number of likely N-dealkylation sites (tertiary alicyclic amines) is 1. The third-order valence-corrected chi connectivity index (χ3v) is 4.55. The molecule has 1 aliphatic carbocycles. The summed E-state index contributed by atoms with van der Waals surface area (Å²) in [5.74, 6) is -0.762. The molecule has 108 valence electrons. The first-order valence-corrected chi connectivity index (χ1v) is 7.33. The first-order chi connectivity index (χ1) is 9.04. The Morgan fingerprint density at radius 1 is 1.37 bits per heavy atom. The average molecular weight is 268 g/mol. The van der Waals surface area contributed by atoms with Crippen LogP contribution in [0.1, 0.15) is 46.0 Å². The van der Waals surface area contributed by atoms with Gasteiger partial charge in [-0.3, -0.25) is 4.79 Å². The molecule has 0 bridgehead atoms. The zero-order valence-electron chi connectivity index (χ0n) is 11.9. The number of aliphatic carboxylic acids is 1. The first kappa shape index (κ1) is 14.2. The summed E-state index contributed by atoms with van der Waals surface area (Å²) in [6.07, 6.45) is 4.23. The van der Waals surface area contributed by atoms with Crippen LogP contribution in [0.2, 0.25) is 0 Å². The highest BCUT2D eigenvalue weighted by Gasteiger charge is 2.44. The molecule has 2 amide bonds. The SMILES string of the molecule is CCN(C(=O)N1CCCC(CC)(C(=O)O)C1)C1CC1. The Morgan fingerprint density at radius 3 is 2.53 bits per heavy atom. The van der Waals surface area contributed by atoms with Gasteiger partial charge in [-0.2, -0.15) is 0 Å². The highest BCUT2D eigenvalue weighted by Crippen LogP contribution is 2.35. The highest BCUT2D eigenvalue weighted by atomic mass is 16.4. The van der Waals surface area contributed by atoms with Gasteiger partial charge >= 0.3 is 12.0 Å². The quantitative estimate of drug-likeness (QED) is 0.850. The molecule has 1 saturated carbocycles. The van der Waals surface area contributed by atoms with Crippen molar-refractivity contribution >= 4 is 12.0 Å². The Morgan fingerprint density at radius 2 is 2.05 bits per heavy atom. The Kier molecular flexibility index (Phi) is 4.02. The summed E-state index contributed by atoms with van der Waals surface area (Å²) in [7, 11) is 0. The lowest BCUT2D eigenvalue weighted by Crippen LogP contribution is -2.53. The van der Waals surface area contributed by atoms with Gasteiger partial charge in [-0.15, -0.1) is 0 Å². The van der Waals surface area contributed by atoms with Crippen molar-refractivity contribution in [3.05, 3.63) is 0 Å². The van der Waals surface area contributed by atoms with Gasteiger partial charge in [-0.1, -0.05) is 6.92 Å². The predicted octanol–water partition coefficient (Wildman–Crippen LogP) is 2.17. The summed E-state index contributed by atoms with van der Waals surface area (Å²) in [6, 6.07) is 0.420. The maximum atomic E-state index is 12.5. The van der Waals surface area contributed by atoms with Crippen molar-refractivity contribution in [2.45, 2.75) is 52.0 Å². The molecule has 2 aliphatic rings. The van der Waals surface area contributed by atoms with E-state index in [1.807, 2.05) is 18.7 Å². The Bertz CT molecular complexity index is 368. The van der Waals surface area contributed by atoms with E-state index < -0.39 is 11.4 Å². The van der Waals surface area contributed by atoms with E-state index in [2.05, 4.69) is 0 Å². The van der Waals surface area contributed by atoms with Gasteiger partial charge in [-0.25, -0.2) is 4.79 Å². The van der Waals surface area contributed by atoms with E-state index in [9.17, 15) is 14.7 Å². The van der Waals surface area contributed by atoms with E-state index in [1.54, 1.807) is 4.90 Å². The summed E-state index contributed by atoms with van der Waals surface area (Å²) in [5.41, 5.74) is -0.739. The molecule has 0 aromatic carbocycles. The largest absolute Gasteiger partial charge is 0.481 e. The topological polar surface area (TPSA) is 60.9 Å². The molecule has 0 spiro atoms. The normalized spacial score (nSPS) is 27.2. The van der Waals surface area contributed by atoms with Crippen LogP contribution in [0.3, 0.4) is 0 Å². The molecule has 0 aromatic heterocycles. The zero-order valence-corrected chi connectivity index (χ0v) is 11.9. The number of carbonyl (C=O) groups is 2. The maximum absolute atomic E-state index is 12.5. The van der Waals surface area contributed by atoms with Gasteiger partial charge in [0.2, 0.25) is 0 Å². The molecule has 5 heteroatoms. The summed E-state index contributed by atoms with van der Waals surface area (Å²) in [6.45, 7) is 5.66. The second kappa shape index (κ2) is 5.39. The monoisotopic (exact) mass is 268 g/mol. The maximum Gasteiger partial charge on any atom is 0.320 e. The van der Waals surface area contributed by atoms with Crippen molar-refractivity contribution in [1.29, 1.82) is 0 Å². The van der Waals surface area contributed by atoms with E-state index in [0.717, 1.165) is 19.3 Å². The van der Waals surface area contributed by atoms with Crippen LogP contribution >= 0.6 is 0 Å². The minimum atomic E-state index is -0.762. The molecular weight excluding hydrogens is 244 g/mol. The molecule has 1 saturated heterocycles. The van der Waals surface area contributed by atoms with Crippen LogP contribution in [0.5, 0.6) is 0 Å². The van der Waals surface area contributed by atoms with Gasteiger partial charge in [-0.05, 0) is 39.0 Å². The summed E-state index contributed by atoms with van der Waals surface area (Å²) in [4.78, 5) is 27.7. The zero-order chi connectivity index (χ0) is 14.0. The first-order valence-electron chi connectivity index (χ1n) is 7.33. The number of nitrogens with zero attached hydrogens (tertiary/aromatic N) is 2. The molecule has 1 aliphatic heterocycles. The number of carboxylic acids is 1. The number of hydrogen-bond acceptors (Lipinski definition) is 2. The molecule has 0 aromatic rings. The van der Waals surface area contributed by atoms with E-state index in [4.69, 9.17) is 0 Å². The van der Waals surface area contributed by atoms with Crippen molar-refractivity contribution in [3.63, 3.8) is 0 Å². The minimum Gasteiger partial charge on any atom is -0.481 e. The Labute approximate surface area is 114 Å². The van der Waals surface area contributed by atoms with Crippen molar-refractivity contribution in [2.75, 3.05) is 19.6 Å². The highest BCUT2D eigenvalue weighted by molar-refractivity contribution is 5.79. The van der Waals surface area contributed by atoms with Crippen molar-refractivity contribution in [2.24, 2.45) is 5.41 Å². The van der Waals surface area contributed by atoms with Crippen molar-refractivity contribution in [3.8, 4) is 0 Å². The summed E-state index contributed by atoms with van der Waals surface area (Å²) >= 11 is 0. The van der Waals surface area contributed by atoms with Gasteiger partial charge < -0.3 is 14.9 Å². The minimum absolute atomic E-state index is 0.0313. The molecule has 1 unspecified atom stereocenters. The van der Waals surface area contributed by atoms with Gasteiger partial charge in [0.25, 0.3) is 0 Å². The van der Waals surface area contributed by atoms with Gasteiger partial charge in [0.1, 0.15) is 0 Å². The fourth-order valence-electron chi connectivity index (χ4n) is 3.03. The standard InChI is InChI=1S/C14H24N2O3/c1-3-14(12(17)18)8-5-9-15(10-14)13(19)16(4-2)11-6-7-11/h11H,3-10H2,1-2H3,(H,17,18). The Balaban J connectivity index is 2.07. The van der Waals surface area contributed by atoms with E-state index in [1.165, 1.54) is 0 Å². The number of piperidine rings is 1. The average Bonchev–Trinajstić information content (AvgIpc) is 3.24. The molecular formula is C14H24N2O3. The van der Waals surface area contributed by atoms with Gasteiger partial charge in [0, 0.05) is 25.7 Å². The second-order valence-corrected chi connectivity index (χ2v) is 5.76. The van der Waals surface area contributed by atoms with E-state index in [0.29, 0.717) is 38.5 Å². The van der Waals surface area contributed by atoms with E-state index >= 15 is 0 Å². The molecule has 2 rings (SSSR count). The lowest BCUT2D eigenvalue weighted by molar-refractivity contribution is -0.152. The predicted molar refractivity (Wildman–Crippen MR) is 72.0 cm³/mol. The van der Waals surface area contributed by atoms with Gasteiger partial charge in [0.05, 0.1) is 5.41 Å². The number of rotatable bonds is 4. The van der Waals surface area contributed by atoms with E-state index in [-0.39, 0.29) is 6.03 Å². The number of amides is 2. The third-order valence-electron chi connectivity index (χ3n) is 4.55. The number of hydrogen-bond donors (Lipinski definition) is 1. The van der Waals surface area contributed by atoms with Crippen LogP contribution in [0.4, 0.5) is 4.79 Å². The smallest absolute Gasteiger partial charge is 0.320 e. The molecule has 1 atom stereocenters. The number of carbonyl (C=O) groups excluding carboxylic acids is 1. The lowest BCUT2D eigenvalue weighted by atomic mass is 9.78. The van der Waals surface area contributed by atoms with Crippen molar-refractivity contribution in [1.82, 2.24) is 9.80 Å². The lowest BCUT2D eigenvalue weighted by Gasteiger charge is -2.41. The van der Waals surface area contributed by atoms with Crippen LogP contribution < -0.4 is 0 Å². The van der Waals surface area contributed by atoms with Crippen LogP contribution in [-0.2, 0) is 4.79 Å². The van der Waals surface area contributed by atoms with Crippen LogP contribution in [-0.4, -0.2) is 52.6 Å². The molecule has 19 heavy (non-hydrogen) atoms. The third kappa shape index (κ3) is 2.69. The molecule has 0 radical (unpaired) electrons.